The van der Waals surface area contributed by atoms with E-state index in [1.54, 1.807) is 0 Å². The van der Waals surface area contributed by atoms with Crippen LogP contribution in [0.5, 0.6) is 0 Å². The van der Waals surface area contributed by atoms with Gasteiger partial charge in [0.2, 0.25) is 0 Å². The van der Waals surface area contributed by atoms with Gasteiger partial charge < -0.3 is 5.73 Å². The Morgan fingerprint density at radius 2 is 1.88 bits per heavy atom. The van der Waals surface area contributed by atoms with E-state index < -0.39 is 0 Å². The van der Waals surface area contributed by atoms with Gasteiger partial charge in [0.15, 0.2) is 5.82 Å². The van der Waals surface area contributed by atoms with Crippen LogP contribution in [0.25, 0.3) is 0 Å². The number of aromatic nitrogens is 3. The zero-order valence-electron chi connectivity index (χ0n) is 10.8. The van der Waals surface area contributed by atoms with E-state index in [1.165, 1.54) is 0 Å². The van der Waals surface area contributed by atoms with Gasteiger partial charge in [-0.2, -0.15) is 5.10 Å². The fraction of sp³-hybridized carbons (Fsp3) is 0.833. The van der Waals surface area contributed by atoms with E-state index in [9.17, 15) is 0 Å². The highest BCUT2D eigenvalue weighted by Gasteiger charge is 2.12. The fourth-order valence-corrected chi connectivity index (χ4v) is 1.65. The molecule has 2 unspecified atom stereocenters. The molecule has 0 aliphatic heterocycles. The van der Waals surface area contributed by atoms with Crippen LogP contribution in [0.2, 0.25) is 0 Å². The standard InChI is InChI=1S/C12H24N4/c1-8(2)11-14-12(16-15-11)9(3)6-5-7-10(4)13/h8-10H,5-7,13H2,1-4H3,(H,14,15,16). The Hall–Kier alpha value is -0.900. The second kappa shape index (κ2) is 5.99. The lowest BCUT2D eigenvalue weighted by molar-refractivity contribution is 0.544. The third-order valence-electron chi connectivity index (χ3n) is 2.80. The minimum Gasteiger partial charge on any atom is -0.328 e. The first kappa shape index (κ1) is 13.2. The van der Waals surface area contributed by atoms with Gasteiger partial charge in [0.05, 0.1) is 0 Å². The molecular formula is C12H24N4. The van der Waals surface area contributed by atoms with E-state index >= 15 is 0 Å². The quantitative estimate of drug-likeness (QED) is 0.780. The molecule has 1 aromatic heterocycles. The van der Waals surface area contributed by atoms with Crippen molar-refractivity contribution in [2.24, 2.45) is 5.73 Å². The first-order valence-corrected chi connectivity index (χ1v) is 6.18. The number of H-pyrrole nitrogens is 1. The minimum absolute atomic E-state index is 0.299. The number of aromatic amines is 1. The van der Waals surface area contributed by atoms with Crippen LogP contribution in [0.1, 0.15) is 70.4 Å². The van der Waals surface area contributed by atoms with Gasteiger partial charge in [-0.1, -0.05) is 27.2 Å². The summed E-state index contributed by atoms with van der Waals surface area (Å²) in [4.78, 5) is 4.51. The van der Waals surface area contributed by atoms with Crippen LogP contribution in [0, 0.1) is 0 Å². The molecule has 0 radical (unpaired) electrons. The van der Waals surface area contributed by atoms with Crippen molar-refractivity contribution in [3.05, 3.63) is 11.6 Å². The van der Waals surface area contributed by atoms with Gasteiger partial charge in [-0.25, -0.2) is 4.98 Å². The highest BCUT2D eigenvalue weighted by atomic mass is 15.2. The average Bonchev–Trinajstić information content (AvgIpc) is 2.65. The maximum atomic E-state index is 5.73. The van der Waals surface area contributed by atoms with Crippen LogP contribution in [-0.2, 0) is 0 Å². The van der Waals surface area contributed by atoms with Crippen molar-refractivity contribution in [1.29, 1.82) is 0 Å². The zero-order chi connectivity index (χ0) is 12.1. The molecule has 2 atom stereocenters. The highest BCUT2D eigenvalue weighted by Crippen LogP contribution is 2.19. The van der Waals surface area contributed by atoms with Gasteiger partial charge in [-0.15, -0.1) is 0 Å². The van der Waals surface area contributed by atoms with Crippen molar-refractivity contribution in [2.75, 3.05) is 0 Å². The van der Waals surface area contributed by atoms with Crippen LogP contribution < -0.4 is 5.73 Å². The van der Waals surface area contributed by atoms with E-state index in [2.05, 4.69) is 42.9 Å². The van der Waals surface area contributed by atoms with Crippen LogP contribution in [-0.4, -0.2) is 21.2 Å². The normalized spacial score (nSPS) is 15.4. The van der Waals surface area contributed by atoms with E-state index in [0.29, 0.717) is 17.9 Å². The molecule has 0 saturated heterocycles. The molecule has 92 valence electrons. The second-order valence-electron chi connectivity index (χ2n) is 5.04. The minimum atomic E-state index is 0.299. The van der Waals surface area contributed by atoms with Gasteiger partial charge in [0, 0.05) is 17.9 Å². The summed E-state index contributed by atoms with van der Waals surface area (Å²) in [5.74, 6) is 2.75. The number of nitrogens with zero attached hydrogens (tertiary/aromatic N) is 2. The number of rotatable bonds is 6. The molecule has 1 heterocycles. The van der Waals surface area contributed by atoms with Crippen molar-refractivity contribution in [2.45, 2.75) is 64.8 Å². The summed E-state index contributed by atoms with van der Waals surface area (Å²) in [6.07, 6.45) is 3.35. The summed E-state index contributed by atoms with van der Waals surface area (Å²) >= 11 is 0. The lowest BCUT2D eigenvalue weighted by atomic mass is 10.0. The molecule has 0 spiro atoms. The summed E-state index contributed by atoms with van der Waals surface area (Å²) < 4.78 is 0. The number of hydrogen-bond acceptors (Lipinski definition) is 3. The number of nitrogens with two attached hydrogens (primary N) is 1. The van der Waals surface area contributed by atoms with Crippen LogP contribution in [0.3, 0.4) is 0 Å². The Kier molecular flexibility index (Phi) is 4.93. The Morgan fingerprint density at radius 3 is 2.38 bits per heavy atom. The van der Waals surface area contributed by atoms with Crippen molar-refractivity contribution in [3.8, 4) is 0 Å². The summed E-state index contributed by atoms with van der Waals surface area (Å²) in [7, 11) is 0. The predicted molar refractivity (Wildman–Crippen MR) is 66.4 cm³/mol. The third kappa shape index (κ3) is 3.93. The second-order valence-corrected chi connectivity index (χ2v) is 5.04. The summed E-state index contributed by atoms with van der Waals surface area (Å²) in [6, 6.07) is 0.299. The molecule has 0 aliphatic rings. The molecule has 16 heavy (non-hydrogen) atoms. The lowest BCUT2D eigenvalue weighted by Crippen LogP contribution is -2.14. The van der Waals surface area contributed by atoms with E-state index in [4.69, 9.17) is 5.73 Å². The zero-order valence-corrected chi connectivity index (χ0v) is 10.8. The summed E-state index contributed by atoms with van der Waals surface area (Å²) in [5, 5.41) is 7.25. The fourth-order valence-electron chi connectivity index (χ4n) is 1.65. The van der Waals surface area contributed by atoms with Crippen molar-refractivity contribution >= 4 is 0 Å². The molecule has 0 aliphatic carbocycles. The Balaban J connectivity index is 2.43. The Labute approximate surface area is 98.0 Å². The maximum Gasteiger partial charge on any atom is 0.153 e. The van der Waals surface area contributed by atoms with Crippen LogP contribution >= 0.6 is 0 Å². The molecule has 1 aromatic rings. The third-order valence-corrected chi connectivity index (χ3v) is 2.80. The van der Waals surface area contributed by atoms with Crippen LogP contribution in [0.4, 0.5) is 0 Å². The molecule has 4 nitrogen and oxygen atoms in total. The molecule has 0 aromatic carbocycles. The average molecular weight is 224 g/mol. The maximum absolute atomic E-state index is 5.73. The van der Waals surface area contributed by atoms with E-state index in [-0.39, 0.29) is 0 Å². The number of nitrogens with one attached hydrogen (secondary N) is 1. The monoisotopic (exact) mass is 224 g/mol. The molecule has 4 heteroatoms. The van der Waals surface area contributed by atoms with Crippen molar-refractivity contribution in [1.82, 2.24) is 15.2 Å². The van der Waals surface area contributed by atoms with Gasteiger partial charge >= 0.3 is 0 Å². The topological polar surface area (TPSA) is 67.6 Å². The van der Waals surface area contributed by atoms with Crippen molar-refractivity contribution in [3.63, 3.8) is 0 Å². The Morgan fingerprint density at radius 1 is 1.19 bits per heavy atom. The first-order valence-electron chi connectivity index (χ1n) is 6.18. The molecular weight excluding hydrogens is 200 g/mol. The molecule has 0 bridgehead atoms. The molecule has 0 saturated carbocycles. The SMILES string of the molecule is CC(N)CCCC(C)c1nc(C(C)C)n[nH]1. The molecule has 0 fully saturated rings. The number of hydrogen-bond donors (Lipinski definition) is 2. The van der Waals surface area contributed by atoms with Gasteiger partial charge in [-0.05, 0) is 19.8 Å². The lowest BCUT2D eigenvalue weighted by Gasteiger charge is -2.09. The molecule has 3 N–H and O–H groups in total. The van der Waals surface area contributed by atoms with Crippen LogP contribution in [0.15, 0.2) is 0 Å². The predicted octanol–water partition coefficient (Wildman–Crippen LogP) is 2.55. The Bertz CT molecular complexity index is 304. The van der Waals surface area contributed by atoms with E-state index in [1.807, 2.05) is 0 Å². The van der Waals surface area contributed by atoms with E-state index in [0.717, 1.165) is 30.9 Å². The highest BCUT2D eigenvalue weighted by molar-refractivity contribution is 4.99. The smallest absolute Gasteiger partial charge is 0.153 e. The largest absolute Gasteiger partial charge is 0.328 e. The van der Waals surface area contributed by atoms with Gasteiger partial charge in [-0.3, -0.25) is 5.10 Å². The molecule has 0 amide bonds. The summed E-state index contributed by atoms with van der Waals surface area (Å²) in [5.41, 5.74) is 5.73. The molecule has 1 rings (SSSR count). The van der Waals surface area contributed by atoms with Gasteiger partial charge in [0.1, 0.15) is 5.82 Å². The van der Waals surface area contributed by atoms with Crippen molar-refractivity contribution < 1.29 is 0 Å². The first-order chi connectivity index (χ1) is 7.50. The summed E-state index contributed by atoms with van der Waals surface area (Å²) in [6.45, 7) is 8.45. The van der Waals surface area contributed by atoms with Gasteiger partial charge in [0.25, 0.3) is 0 Å².